The van der Waals surface area contributed by atoms with Crippen LogP contribution in [0.15, 0.2) is 71.6 Å². The number of pyridine rings is 2. The second-order valence-electron chi connectivity index (χ2n) is 5.09. The highest BCUT2D eigenvalue weighted by Gasteiger charge is 2.10. The first-order valence-electron chi connectivity index (χ1n) is 7.52. The summed E-state index contributed by atoms with van der Waals surface area (Å²) in [7, 11) is 0. The minimum atomic E-state index is -0.497. The summed E-state index contributed by atoms with van der Waals surface area (Å²) in [5.41, 5.74) is 5.25. The summed E-state index contributed by atoms with van der Waals surface area (Å²) in [6.07, 6.45) is 4.31. The first-order chi connectivity index (χ1) is 12.6. The summed E-state index contributed by atoms with van der Waals surface area (Å²) < 4.78 is 6.49. The Hall–Kier alpha value is -3.26. The van der Waals surface area contributed by atoms with E-state index in [9.17, 15) is 9.59 Å². The Morgan fingerprint density at radius 1 is 0.923 bits per heavy atom. The van der Waals surface area contributed by atoms with Crippen molar-refractivity contribution in [1.82, 2.24) is 20.8 Å². The van der Waals surface area contributed by atoms with Gasteiger partial charge < -0.3 is 4.74 Å². The molecule has 0 bridgehead atoms. The number of hydrazine groups is 1. The molecule has 0 spiro atoms. The van der Waals surface area contributed by atoms with Crippen LogP contribution in [0.2, 0.25) is 0 Å². The van der Waals surface area contributed by atoms with E-state index < -0.39 is 11.8 Å². The van der Waals surface area contributed by atoms with E-state index in [1.54, 1.807) is 42.6 Å². The topological polar surface area (TPSA) is 93.2 Å². The van der Waals surface area contributed by atoms with Crippen LogP contribution in [-0.2, 0) is 0 Å². The molecule has 0 saturated carbocycles. The monoisotopic (exact) mass is 412 g/mol. The van der Waals surface area contributed by atoms with Crippen molar-refractivity contribution in [3.63, 3.8) is 0 Å². The van der Waals surface area contributed by atoms with Crippen molar-refractivity contribution in [2.24, 2.45) is 0 Å². The molecule has 0 aliphatic rings. The van der Waals surface area contributed by atoms with Crippen LogP contribution in [0.5, 0.6) is 11.6 Å². The normalized spacial score (nSPS) is 10.0. The molecule has 2 aromatic heterocycles. The van der Waals surface area contributed by atoms with Gasteiger partial charge in [0.25, 0.3) is 11.8 Å². The van der Waals surface area contributed by atoms with Crippen molar-refractivity contribution < 1.29 is 14.3 Å². The van der Waals surface area contributed by atoms with E-state index in [0.717, 1.165) is 4.47 Å². The molecule has 0 aliphatic carbocycles. The molecule has 130 valence electrons. The zero-order valence-electron chi connectivity index (χ0n) is 13.3. The summed E-state index contributed by atoms with van der Waals surface area (Å²) in [4.78, 5) is 31.9. The Kier molecular flexibility index (Phi) is 5.55. The standard InChI is InChI=1S/C18H13BrN4O3/c19-14-4-1-5-15(9-14)26-16-7-6-13(11-21-16)18(25)23-22-17(24)12-3-2-8-20-10-12/h1-11H,(H,22,24)(H,23,25). The molecule has 3 aromatic rings. The molecule has 8 heteroatoms. The van der Waals surface area contributed by atoms with Gasteiger partial charge in [0.1, 0.15) is 5.75 Å². The van der Waals surface area contributed by atoms with E-state index in [1.807, 2.05) is 12.1 Å². The van der Waals surface area contributed by atoms with Crippen LogP contribution in [0.3, 0.4) is 0 Å². The van der Waals surface area contributed by atoms with E-state index in [2.05, 4.69) is 36.7 Å². The first-order valence-corrected chi connectivity index (χ1v) is 8.31. The highest BCUT2D eigenvalue weighted by molar-refractivity contribution is 9.10. The number of amides is 2. The van der Waals surface area contributed by atoms with Gasteiger partial charge in [-0.1, -0.05) is 22.0 Å². The second-order valence-corrected chi connectivity index (χ2v) is 6.01. The highest BCUT2D eigenvalue weighted by Crippen LogP contribution is 2.22. The molecule has 0 unspecified atom stereocenters. The van der Waals surface area contributed by atoms with Gasteiger partial charge in [-0.2, -0.15) is 0 Å². The average Bonchev–Trinajstić information content (AvgIpc) is 2.67. The number of carbonyl (C=O) groups is 2. The Morgan fingerprint density at radius 2 is 1.69 bits per heavy atom. The van der Waals surface area contributed by atoms with E-state index in [0.29, 0.717) is 17.2 Å². The number of aromatic nitrogens is 2. The summed E-state index contributed by atoms with van der Waals surface area (Å²) in [6, 6.07) is 13.6. The number of benzene rings is 1. The van der Waals surface area contributed by atoms with Gasteiger partial charge in [-0.3, -0.25) is 25.4 Å². The van der Waals surface area contributed by atoms with Crippen LogP contribution in [0.4, 0.5) is 0 Å². The summed E-state index contributed by atoms with van der Waals surface area (Å²) in [6.45, 7) is 0. The molecule has 0 radical (unpaired) electrons. The predicted octanol–water partition coefficient (Wildman–Crippen LogP) is 3.11. The van der Waals surface area contributed by atoms with Crippen molar-refractivity contribution in [2.75, 3.05) is 0 Å². The Morgan fingerprint density at radius 3 is 2.31 bits per heavy atom. The summed E-state index contributed by atoms with van der Waals surface area (Å²) >= 11 is 3.36. The van der Waals surface area contributed by atoms with E-state index >= 15 is 0 Å². The lowest BCUT2D eigenvalue weighted by Gasteiger charge is -2.08. The fraction of sp³-hybridized carbons (Fsp3) is 0. The van der Waals surface area contributed by atoms with E-state index in [1.165, 1.54) is 12.4 Å². The maximum absolute atomic E-state index is 12.1. The Labute approximate surface area is 157 Å². The van der Waals surface area contributed by atoms with Gasteiger partial charge in [0, 0.05) is 29.1 Å². The molecule has 26 heavy (non-hydrogen) atoms. The SMILES string of the molecule is O=C(NNC(=O)c1ccc(Oc2cccc(Br)c2)nc1)c1cccnc1. The van der Waals surface area contributed by atoms with Gasteiger partial charge in [0.15, 0.2) is 0 Å². The number of nitrogens with one attached hydrogen (secondary N) is 2. The molecule has 2 heterocycles. The number of hydrogen-bond donors (Lipinski definition) is 2. The Bertz CT molecular complexity index is 917. The molecule has 7 nitrogen and oxygen atoms in total. The summed E-state index contributed by atoms with van der Waals surface area (Å²) in [5.74, 6) is 0.00428. The quantitative estimate of drug-likeness (QED) is 0.642. The van der Waals surface area contributed by atoms with Crippen LogP contribution < -0.4 is 15.6 Å². The van der Waals surface area contributed by atoms with Gasteiger partial charge in [-0.25, -0.2) is 4.98 Å². The molecule has 2 N–H and O–H groups in total. The molecule has 2 amide bonds. The number of rotatable bonds is 4. The highest BCUT2D eigenvalue weighted by atomic mass is 79.9. The fourth-order valence-electron chi connectivity index (χ4n) is 1.98. The minimum Gasteiger partial charge on any atom is -0.439 e. The number of nitrogens with zero attached hydrogens (tertiary/aromatic N) is 2. The average molecular weight is 413 g/mol. The Balaban J connectivity index is 1.57. The molecule has 0 aliphatic heterocycles. The largest absolute Gasteiger partial charge is 0.439 e. The van der Waals surface area contributed by atoms with Crippen LogP contribution >= 0.6 is 15.9 Å². The van der Waals surface area contributed by atoms with E-state index in [4.69, 9.17) is 4.74 Å². The molecule has 0 atom stereocenters. The van der Waals surface area contributed by atoms with Crippen LogP contribution in [0.1, 0.15) is 20.7 Å². The van der Waals surface area contributed by atoms with Crippen molar-refractivity contribution in [2.45, 2.75) is 0 Å². The number of hydrogen-bond acceptors (Lipinski definition) is 5. The molecule has 1 aromatic carbocycles. The van der Waals surface area contributed by atoms with Crippen LogP contribution in [0.25, 0.3) is 0 Å². The molecule has 3 rings (SSSR count). The molecular weight excluding hydrogens is 400 g/mol. The smallest absolute Gasteiger partial charge is 0.271 e. The van der Waals surface area contributed by atoms with Gasteiger partial charge in [0.05, 0.1) is 11.1 Å². The molecule has 0 fully saturated rings. The third kappa shape index (κ3) is 4.64. The minimum absolute atomic E-state index is 0.276. The van der Waals surface area contributed by atoms with Crippen LogP contribution in [0, 0.1) is 0 Å². The molecular formula is C18H13BrN4O3. The van der Waals surface area contributed by atoms with Crippen molar-refractivity contribution in [3.8, 4) is 11.6 Å². The maximum Gasteiger partial charge on any atom is 0.271 e. The number of halogens is 1. The van der Waals surface area contributed by atoms with Gasteiger partial charge in [-0.15, -0.1) is 0 Å². The third-order valence-electron chi connectivity index (χ3n) is 3.23. The first kappa shape index (κ1) is 17.6. The van der Waals surface area contributed by atoms with Crippen molar-refractivity contribution >= 4 is 27.7 Å². The number of ether oxygens (including phenoxy) is 1. The lowest BCUT2D eigenvalue weighted by Crippen LogP contribution is -2.41. The van der Waals surface area contributed by atoms with Crippen molar-refractivity contribution in [3.05, 3.63) is 82.7 Å². The lowest BCUT2D eigenvalue weighted by molar-refractivity contribution is 0.0846. The summed E-state index contributed by atoms with van der Waals surface area (Å²) in [5, 5.41) is 0. The van der Waals surface area contributed by atoms with E-state index in [-0.39, 0.29) is 5.56 Å². The second kappa shape index (κ2) is 8.21. The van der Waals surface area contributed by atoms with Gasteiger partial charge in [0.2, 0.25) is 5.88 Å². The zero-order valence-corrected chi connectivity index (χ0v) is 14.9. The van der Waals surface area contributed by atoms with Gasteiger partial charge >= 0.3 is 0 Å². The zero-order chi connectivity index (χ0) is 18.4. The predicted molar refractivity (Wildman–Crippen MR) is 97.6 cm³/mol. The lowest BCUT2D eigenvalue weighted by atomic mass is 10.2. The molecule has 0 saturated heterocycles. The van der Waals surface area contributed by atoms with Gasteiger partial charge in [-0.05, 0) is 36.4 Å². The third-order valence-corrected chi connectivity index (χ3v) is 3.72. The fourth-order valence-corrected chi connectivity index (χ4v) is 2.36. The van der Waals surface area contributed by atoms with Crippen LogP contribution in [-0.4, -0.2) is 21.8 Å². The van der Waals surface area contributed by atoms with Crippen molar-refractivity contribution in [1.29, 1.82) is 0 Å². The maximum atomic E-state index is 12.1. The number of carbonyl (C=O) groups excluding carboxylic acids is 2.